The summed E-state index contributed by atoms with van der Waals surface area (Å²) in [6, 6.07) is 21.0. The second kappa shape index (κ2) is 9.00. The number of amides is 3. The van der Waals surface area contributed by atoms with E-state index < -0.39 is 0 Å². The van der Waals surface area contributed by atoms with Gasteiger partial charge in [0.15, 0.2) is 0 Å². The minimum absolute atomic E-state index is 0.170. The van der Waals surface area contributed by atoms with Gasteiger partial charge in [-0.1, -0.05) is 42.5 Å². The van der Waals surface area contributed by atoms with Gasteiger partial charge in [-0.05, 0) is 49.2 Å². The van der Waals surface area contributed by atoms with E-state index >= 15 is 0 Å². The summed E-state index contributed by atoms with van der Waals surface area (Å²) < 4.78 is 14.0. The summed E-state index contributed by atoms with van der Waals surface area (Å²) in [7, 11) is 0. The molecule has 1 N–H and O–H groups in total. The summed E-state index contributed by atoms with van der Waals surface area (Å²) in [5.74, 6) is -0.505. The monoisotopic (exact) mass is 417 g/mol. The molecule has 1 aliphatic rings. The first-order chi connectivity index (χ1) is 15.0. The van der Waals surface area contributed by atoms with Crippen molar-refractivity contribution in [3.63, 3.8) is 0 Å². The van der Waals surface area contributed by atoms with Crippen LogP contribution >= 0.6 is 0 Å². The van der Waals surface area contributed by atoms with E-state index in [1.54, 1.807) is 46.2 Å². The molecule has 1 saturated heterocycles. The molecule has 31 heavy (non-hydrogen) atoms. The van der Waals surface area contributed by atoms with Crippen LogP contribution in [0.2, 0.25) is 0 Å². The first-order valence-electron chi connectivity index (χ1n) is 10.3. The SMILES string of the molecule is Cc1ccccc1C(=O)Nc1cccc(N2CCCN(Cc3ccccc3F)C2=O)c1. The molecule has 0 aliphatic carbocycles. The van der Waals surface area contributed by atoms with Crippen molar-refractivity contribution < 1.29 is 14.0 Å². The van der Waals surface area contributed by atoms with E-state index in [1.165, 1.54) is 6.07 Å². The molecular weight excluding hydrogens is 393 g/mol. The molecule has 6 heteroatoms. The van der Waals surface area contributed by atoms with Gasteiger partial charge < -0.3 is 10.2 Å². The molecule has 5 nitrogen and oxygen atoms in total. The first kappa shape index (κ1) is 20.6. The van der Waals surface area contributed by atoms with Gasteiger partial charge >= 0.3 is 6.03 Å². The fraction of sp³-hybridized carbons (Fsp3) is 0.200. The zero-order chi connectivity index (χ0) is 21.8. The Morgan fingerprint density at radius 3 is 2.58 bits per heavy atom. The minimum atomic E-state index is -0.312. The van der Waals surface area contributed by atoms with Crippen LogP contribution < -0.4 is 10.2 Å². The Labute approximate surface area is 181 Å². The predicted molar refractivity (Wildman–Crippen MR) is 120 cm³/mol. The van der Waals surface area contributed by atoms with E-state index in [4.69, 9.17) is 0 Å². The van der Waals surface area contributed by atoms with Crippen LogP contribution in [-0.4, -0.2) is 29.9 Å². The van der Waals surface area contributed by atoms with Crippen molar-refractivity contribution in [2.75, 3.05) is 23.3 Å². The fourth-order valence-electron chi connectivity index (χ4n) is 3.78. The van der Waals surface area contributed by atoms with Crippen LogP contribution in [0.5, 0.6) is 0 Å². The van der Waals surface area contributed by atoms with Gasteiger partial charge in [0.2, 0.25) is 0 Å². The van der Waals surface area contributed by atoms with Gasteiger partial charge in [0.25, 0.3) is 5.91 Å². The number of hydrogen-bond donors (Lipinski definition) is 1. The second-order valence-electron chi connectivity index (χ2n) is 7.62. The highest BCUT2D eigenvalue weighted by molar-refractivity contribution is 6.05. The predicted octanol–water partition coefficient (Wildman–Crippen LogP) is 5.22. The first-order valence-corrected chi connectivity index (χ1v) is 10.3. The standard InChI is InChI=1S/C25H24FN3O2/c1-18-8-2-4-12-22(18)24(30)27-20-10-6-11-21(16-20)29-15-7-14-28(25(29)31)17-19-9-3-5-13-23(19)26/h2-6,8-13,16H,7,14-15,17H2,1H3,(H,27,30). The lowest BCUT2D eigenvalue weighted by atomic mass is 10.1. The average Bonchev–Trinajstić information content (AvgIpc) is 2.77. The van der Waals surface area contributed by atoms with Gasteiger partial charge in [0.05, 0.1) is 6.54 Å². The van der Waals surface area contributed by atoms with Crippen molar-refractivity contribution in [1.82, 2.24) is 4.90 Å². The highest BCUT2D eigenvalue weighted by Crippen LogP contribution is 2.25. The summed E-state index contributed by atoms with van der Waals surface area (Å²) in [5, 5.41) is 2.91. The summed E-state index contributed by atoms with van der Waals surface area (Å²) in [6.07, 6.45) is 0.778. The van der Waals surface area contributed by atoms with Gasteiger partial charge in [-0.15, -0.1) is 0 Å². The maximum atomic E-state index is 14.0. The number of carbonyl (C=O) groups is 2. The molecule has 4 rings (SSSR count). The second-order valence-corrected chi connectivity index (χ2v) is 7.62. The number of hydrogen-bond acceptors (Lipinski definition) is 2. The van der Waals surface area contributed by atoms with E-state index in [1.807, 2.05) is 37.3 Å². The normalized spacial score (nSPS) is 13.9. The van der Waals surface area contributed by atoms with E-state index in [0.717, 1.165) is 12.0 Å². The van der Waals surface area contributed by atoms with Gasteiger partial charge in [-0.25, -0.2) is 9.18 Å². The van der Waals surface area contributed by atoms with Gasteiger partial charge in [-0.2, -0.15) is 0 Å². The van der Waals surface area contributed by atoms with Crippen molar-refractivity contribution in [2.24, 2.45) is 0 Å². The topological polar surface area (TPSA) is 52.7 Å². The molecule has 0 aromatic heterocycles. The van der Waals surface area contributed by atoms with E-state index in [0.29, 0.717) is 35.6 Å². The lowest BCUT2D eigenvalue weighted by Gasteiger charge is -2.36. The summed E-state index contributed by atoms with van der Waals surface area (Å²) >= 11 is 0. The number of nitrogens with zero attached hydrogens (tertiary/aromatic N) is 2. The van der Waals surface area contributed by atoms with Crippen LogP contribution in [0.4, 0.5) is 20.6 Å². The van der Waals surface area contributed by atoms with Crippen LogP contribution in [0.1, 0.15) is 27.9 Å². The molecular formula is C25H24FN3O2. The Morgan fingerprint density at radius 1 is 1.00 bits per heavy atom. The van der Waals surface area contributed by atoms with Crippen LogP contribution in [-0.2, 0) is 6.54 Å². The van der Waals surface area contributed by atoms with Crippen molar-refractivity contribution in [3.05, 3.63) is 95.3 Å². The van der Waals surface area contributed by atoms with Gasteiger partial charge in [0, 0.05) is 35.6 Å². The van der Waals surface area contributed by atoms with E-state index in [-0.39, 0.29) is 24.3 Å². The fourth-order valence-corrected chi connectivity index (χ4v) is 3.78. The Morgan fingerprint density at radius 2 is 1.77 bits per heavy atom. The maximum Gasteiger partial charge on any atom is 0.324 e. The molecule has 158 valence electrons. The summed E-state index contributed by atoms with van der Waals surface area (Å²) in [5.41, 5.74) is 3.32. The van der Waals surface area contributed by atoms with Crippen LogP contribution in [0.15, 0.2) is 72.8 Å². The highest BCUT2D eigenvalue weighted by atomic mass is 19.1. The van der Waals surface area contributed by atoms with Crippen LogP contribution in [0, 0.1) is 12.7 Å². The molecule has 1 heterocycles. The molecule has 0 bridgehead atoms. The molecule has 3 amide bonds. The molecule has 3 aromatic rings. The zero-order valence-corrected chi connectivity index (χ0v) is 17.3. The minimum Gasteiger partial charge on any atom is -0.322 e. The van der Waals surface area contributed by atoms with E-state index in [2.05, 4.69) is 5.32 Å². The molecule has 3 aromatic carbocycles. The Bertz CT molecular complexity index is 1120. The van der Waals surface area contributed by atoms with Gasteiger partial charge in [-0.3, -0.25) is 9.69 Å². The lowest BCUT2D eigenvalue weighted by molar-refractivity contribution is 0.102. The molecule has 1 aliphatic heterocycles. The Balaban J connectivity index is 1.50. The lowest BCUT2D eigenvalue weighted by Crippen LogP contribution is -2.49. The number of rotatable bonds is 5. The number of carbonyl (C=O) groups excluding carboxylic acids is 2. The third-order valence-electron chi connectivity index (χ3n) is 5.44. The van der Waals surface area contributed by atoms with Crippen LogP contribution in [0.3, 0.4) is 0 Å². The Kier molecular flexibility index (Phi) is 5.98. The zero-order valence-electron chi connectivity index (χ0n) is 17.3. The number of benzene rings is 3. The molecule has 0 unspecified atom stereocenters. The third kappa shape index (κ3) is 4.58. The number of nitrogens with one attached hydrogen (secondary N) is 1. The van der Waals surface area contributed by atoms with Crippen molar-refractivity contribution in [3.8, 4) is 0 Å². The molecule has 0 saturated carbocycles. The number of halogens is 1. The molecule has 0 radical (unpaired) electrons. The smallest absolute Gasteiger partial charge is 0.322 e. The average molecular weight is 417 g/mol. The van der Waals surface area contributed by atoms with Crippen molar-refractivity contribution in [1.29, 1.82) is 0 Å². The largest absolute Gasteiger partial charge is 0.324 e. The Hall–Kier alpha value is -3.67. The number of aryl methyl sites for hydroxylation is 1. The summed E-state index contributed by atoms with van der Waals surface area (Å²) in [4.78, 5) is 29.0. The summed E-state index contributed by atoms with van der Waals surface area (Å²) in [6.45, 7) is 3.27. The van der Waals surface area contributed by atoms with Crippen molar-refractivity contribution >= 4 is 23.3 Å². The van der Waals surface area contributed by atoms with Crippen molar-refractivity contribution in [2.45, 2.75) is 19.9 Å². The van der Waals surface area contributed by atoms with Gasteiger partial charge in [0.1, 0.15) is 5.82 Å². The molecule has 0 spiro atoms. The molecule has 1 fully saturated rings. The third-order valence-corrected chi connectivity index (χ3v) is 5.44. The maximum absolute atomic E-state index is 14.0. The highest BCUT2D eigenvalue weighted by Gasteiger charge is 2.27. The number of urea groups is 1. The molecule has 0 atom stereocenters. The number of anilines is 2. The quantitative estimate of drug-likeness (QED) is 0.619. The van der Waals surface area contributed by atoms with E-state index in [9.17, 15) is 14.0 Å². The van der Waals surface area contributed by atoms with Crippen LogP contribution in [0.25, 0.3) is 0 Å².